The number of carbonyl (C=O) groups excluding carboxylic acids is 1. The van der Waals surface area contributed by atoms with E-state index in [1.54, 1.807) is 13.0 Å². The summed E-state index contributed by atoms with van der Waals surface area (Å²) in [5.41, 5.74) is 2.22. The van der Waals surface area contributed by atoms with Crippen molar-refractivity contribution in [3.05, 3.63) is 35.0 Å². The minimum atomic E-state index is -0.215. The van der Waals surface area contributed by atoms with Crippen LogP contribution < -0.4 is 5.32 Å². The van der Waals surface area contributed by atoms with E-state index in [4.69, 9.17) is 4.52 Å². The highest BCUT2D eigenvalue weighted by Crippen LogP contribution is 2.06. The van der Waals surface area contributed by atoms with Gasteiger partial charge in [-0.05, 0) is 26.8 Å². The van der Waals surface area contributed by atoms with Crippen LogP contribution in [0.1, 0.15) is 22.8 Å². The lowest BCUT2D eigenvalue weighted by Crippen LogP contribution is -2.17. The van der Waals surface area contributed by atoms with E-state index in [1.807, 2.05) is 19.9 Å². The second-order valence-corrected chi connectivity index (χ2v) is 4.13. The molecular formula is C12H14N4O2. The number of amides is 1. The largest absolute Gasteiger partial charge is 0.361 e. The van der Waals surface area contributed by atoms with Crippen LogP contribution in [-0.2, 0) is 11.2 Å². The molecule has 0 fully saturated rings. The zero-order valence-electron chi connectivity index (χ0n) is 10.5. The standard InChI is InChI=1S/C12H14N4O2/c1-7-4-8(2)14-12(13-7)15-11(17)6-10-5-9(3)18-16-10/h4-5H,6H2,1-3H3,(H,13,14,15,17). The van der Waals surface area contributed by atoms with Crippen molar-refractivity contribution in [3.63, 3.8) is 0 Å². The molecule has 1 amide bonds. The molecule has 0 unspecified atom stereocenters. The van der Waals surface area contributed by atoms with E-state index in [0.29, 0.717) is 17.4 Å². The van der Waals surface area contributed by atoms with E-state index in [0.717, 1.165) is 11.4 Å². The average Bonchev–Trinajstić information content (AvgIpc) is 2.61. The highest BCUT2D eigenvalue weighted by molar-refractivity contribution is 5.90. The molecule has 2 aromatic rings. The van der Waals surface area contributed by atoms with Gasteiger partial charge in [0, 0.05) is 17.5 Å². The quantitative estimate of drug-likeness (QED) is 0.889. The van der Waals surface area contributed by atoms with Gasteiger partial charge in [-0.25, -0.2) is 9.97 Å². The van der Waals surface area contributed by atoms with Crippen molar-refractivity contribution in [2.75, 3.05) is 5.32 Å². The zero-order valence-corrected chi connectivity index (χ0v) is 10.5. The molecule has 0 saturated heterocycles. The van der Waals surface area contributed by atoms with Crippen LogP contribution in [0, 0.1) is 20.8 Å². The molecule has 0 aromatic carbocycles. The minimum Gasteiger partial charge on any atom is -0.361 e. The number of nitrogens with zero attached hydrogens (tertiary/aromatic N) is 3. The first-order valence-electron chi connectivity index (χ1n) is 5.57. The fraction of sp³-hybridized carbons (Fsp3) is 0.333. The van der Waals surface area contributed by atoms with Crippen molar-refractivity contribution in [1.29, 1.82) is 0 Å². The summed E-state index contributed by atoms with van der Waals surface area (Å²) < 4.78 is 4.89. The fourth-order valence-corrected chi connectivity index (χ4v) is 1.62. The number of rotatable bonds is 3. The maximum absolute atomic E-state index is 11.7. The normalized spacial score (nSPS) is 10.4. The predicted molar refractivity (Wildman–Crippen MR) is 65.1 cm³/mol. The smallest absolute Gasteiger partial charge is 0.232 e. The van der Waals surface area contributed by atoms with Crippen LogP contribution >= 0.6 is 0 Å². The van der Waals surface area contributed by atoms with Gasteiger partial charge in [0.1, 0.15) is 5.76 Å². The summed E-state index contributed by atoms with van der Waals surface area (Å²) in [6, 6.07) is 3.57. The number of aryl methyl sites for hydroxylation is 3. The molecule has 0 radical (unpaired) electrons. The minimum absolute atomic E-state index is 0.147. The number of hydrogen-bond donors (Lipinski definition) is 1. The van der Waals surface area contributed by atoms with Crippen LogP contribution in [-0.4, -0.2) is 21.0 Å². The molecule has 0 saturated carbocycles. The predicted octanol–water partition coefficient (Wildman–Crippen LogP) is 1.57. The third kappa shape index (κ3) is 3.13. The first-order valence-corrected chi connectivity index (χ1v) is 5.57. The third-order valence-corrected chi connectivity index (χ3v) is 2.25. The summed E-state index contributed by atoms with van der Waals surface area (Å²) >= 11 is 0. The number of anilines is 1. The molecule has 0 aliphatic heterocycles. The average molecular weight is 246 g/mol. The number of nitrogens with one attached hydrogen (secondary N) is 1. The number of hydrogen-bond acceptors (Lipinski definition) is 5. The SMILES string of the molecule is Cc1cc(C)nc(NC(=O)Cc2cc(C)on2)n1. The molecule has 2 aromatic heterocycles. The summed E-state index contributed by atoms with van der Waals surface area (Å²) in [5, 5.41) is 6.39. The molecule has 6 heteroatoms. The Kier molecular flexibility index (Phi) is 3.36. The van der Waals surface area contributed by atoms with Gasteiger partial charge in [0.05, 0.1) is 12.1 Å². The summed E-state index contributed by atoms with van der Waals surface area (Å²) in [6.07, 6.45) is 0.147. The first kappa shape index (κ1) is 12.2. The van der Waals surface area contributed by atoms with Crippen LogP contribution in [0.25, 0.3) is 0 Å². The number of carbonyl (C=O) groups is 1. The summed E-state index contributed by atoms with van der Waals surface area (Å²) in [4.78, 5) is 20.0. The molecular weight excluding hydrogens is 232 g/mol. The van der Waals surface area contributed by atoms with E-state index < -0.39 is 0 Å². The van der Waals surface area contributed by atoms with Gasteiger partial charge in [0.25, 0.3) is 0 Å². The second kappa shape index (κ2) is 4.95. The van der Waals surface area contributed by atoms with Crippen molar-refractivity contribution >= 4 is 11.9 Å². The molecule has 2 rings (SSSR count). The van der Waals surface area contributed by atoms with Crippen LogP contribution in [0.3, 0.4) is 0 Å². The van der Waals surface area contributed by atoms with Crippen LogP contribution in [0.15, 0.2) is 16.7 Å². The van der Waals surface area contributed by atoms with Crippen molar-refractivity contribution in [1.82, 2.24) is 15.1 Å². The highest BCUT2D eigenvalue weighted by atomic mass is 16.5. The lowest BCUT2D eigenvalue weighted by Gasteiger charge is -2.04. The van der Waals surface area contributed by atoms with Crippen molar-refractivity contribution in [3.8, 4) is 0 Å². The summed E-state index contributed by atoms with van der Waals surface area (Å²) in [5.74, 6) is 0.784. The van der Waals surface area contributed by atoms with Gasteiger partial charge in [0.15, 0.2) is 0 Å². The Morgan fingerprint density at radius 2 is 1.89 bits per heavy atom. The molecule has 0 atom stereocenters. The van der Waals surface area contributed by atoms with Gasteiger partial charge < -0.3 is 4.52 Å². The molecule has 2 heterocycles. The molecule has 0 spiro atoms. The topological polar surface area (TPSA) is 80.9 Å². The lowest BCUT2D eigenvalue weighted by atomic mass is 10.3. The maximum atomic E-state index is 11.7. The molecule has 1 N–H and O–H groups in total. The van der Waals surface area contributed by atoms with Crippen LogP contribution in [0.2, 0.25) is 0 Å². The third-order valence-electron chi connectivity index (χ3n) is 2.25. The Morgan fingerprint density at radius 1 is 1.22 bits per heavy atom. The Balaban J connectivity index is 2.02. The Bertz CT molecular complexity index is 557. The van der Waals surface area contributed by atoms with Crippen molar-refractivity contribution in [2.45, 2.75) is 27.2 Å². The van der Waals surface area contributed by atoms with E-state index in [2.05, 4.69) is 20.4 Å². The van der Waals surface area contributed by atoms with E-state index in [1.165, 1.54) is 0 Å². The maximum Gasteiger partial charge on any atom is 0.232 e. The Morgan fingerprint density at radius 3 is 2.44 bits per heavy atom. The van der Waals surface area contributed by atoms with Crippen molar-refractivity contribution in [2.24, 2.45) is 0 Å². The highest BCUT2D eigenvalue weighted by Gasteiger charge is 2.09. The van der Waals surface area contributed by atoms with Gasteiger partial charge in [0.2, 0.25) is 11.9 Å². The summed E-state index contributed by atoms with van der Waals surface area (Å²) in [6.45, 7) is 5.48. The van der Waals surface area contributed by atoms with Crippen LogP contribution in [0.5, 0.6) is 0 Å². The number of aromatic nitrogens is 3. The van der Waals surface area contributed by atoms with Gasteiger partial charge in [-0.1, -0.05) is 5.16 Å². The first-order chi connectivity index (χ1) is 8.52. The van der Waals surface area contributed by atoms with Crippen molar-refractivity contribution < 1.29 is 9.32 Å². The molecule has 6 nitrogen and oxygen atoms in total. The fourth-order valence-electron chi connectivity index (χ4n) is 1.62. The van der Waals surface area contributed by atoms with Gasteiger partial charge in [-0.3, -0.25) is 10.1 Å². The van der Waals surface area contributed by atoms with E-state index >= 15 is 0 Å². The second-order valence-electron chi connectivity index (χ2n) is 4.13. The summed E-state index contributed by atoms with van der Waals surface area (Å²) in [7, 11) is 0. The lowest BCUT2D eigenvalue weighted by molar-refractivity contribution is -0.115. The van der Waals surface area contributed by atoms with Gasteiger partial charge in [-0.15, -0.1) is 0 Å². The van der Waals surface area contributed by atoms with Gasteiger partial charge in [-0.2, -0.15) is 0 Å². The Hall–Kier alpha value is -2.24. The van der Waals surface area contributed by atoms with E-state index in [-0.39, 0.29) is 12.3 Å². The zero-order chi connectivity index (χ0) is 13.1. The molecule has 18 heavy (non-hydrogen) atoms. The van der Waals surface area contributed by atoms with Crippen LogP contribution in [0.4, 0.5) is 5.95 Å². The molecule has 0 aliphatic carbocycles. The molecule has 0 aliphatic rings. The monoisotopic (exact) mass is 246 g/mol. The Labute approximate surface area is 104 Å². The molecule has 0 bridgehead atoms. The van der Waals surface area contributed by atoms with E-state index in [9.17, 15) is 4.79 Å². The molecule has 94 valence electrons. The van der Waals surface area contributed by atoms with Gasteiger partial charge >= 0.3 is 0 Å².